The smallest absolute Gasteiger partial charge is 0.188 e. The van der Waals surface area contributed by atoms with Crippen molar-refractivity contribution in [2.45, 2.75) is 54.9 Å². The first-order valence-electron chi connectivity index (χ1n) is 8.30. The normalized spacial score (nSPS) is 8.41. The first-order valence-corrected chi connectivity index (χ1v) is 8.30. The van der Waals surface area contributed by atoms with Gasteiger partial charge in [0.15, 0.2) is 5.78 Å². The van der Waals surface area contributed by atoms with Gasteiger partial charge in [0, 0.05) is 5.56 Å². The summed E-state index contributed by atoms with van der Waals surface area (Å²) in [5.41, 5.74) is 1.29. The van der Waals surface area contributed by atoms with Crippen LogP contribution in [0.15, 0.2) is 42.5 Å². The topological polar surface area (TPSA) is 29.1 Å². The van der Waals surface area contributed by atoms with Crippen molar-refractivity contribution in [1.29, 1.82) is 0 Å². The Kier molecular flexibility index (Phi) is 22.7. The second-order valence-electron chi connectivity index (χ2n) is 4.98. The van der Waals surface area contributed by atoms with Crippen LogP contribution >= 0.6 is 0 Å². The molecule has 0 aliphatic heterocycles. The fourth-order valence-corrected chi connectivity index (χ4v) is 0.836. The van der Waals surface area contributed by atoms with Gasteiger partial charge in [-0.2, -0.15) is 0 Å². The number of rotatable bonds is 4. The van der Waals surface area contributed by atoms with Crippen molar-refractivity contribution in [3.63, 3.8) is 0 Å². The van der Waals surface area contributed by atoms with Crippen LogP contribution in [-0.2, 0) is 0 Å². The molecule has 2 heteroatoms. The lowest BCUT2D eigenvalue weighted by Gasteiger charge is -1.96. The average Bonchev–Trinajstić information content (AvgIpc) is 2.57. The van der Waals surface area contributed by atoms with Gasteiger partial charge in [-0.3, -0.25) is 4.79 Å². The van der Waals surface area contributed by atoms with Crippen LogP contribution < -0.4 is 5.32 Å². The number of allylic oxidation sites excluding steroid dienone is 1. The molecule has 0 aliphatic rings. The van der Waals surface area contributed by atoms with Gasteiger partial charge in [-0.05, 0) is 32.0 Å². The van der Waals surface area contributed by atoms with Crippen molar-refractivity contribution in [2.75, 3.05) is 13.6 Å². The molecule has 0 aromatic heterocycles. The number of hydrogen-bond acceptors (Lipinski definition) is 2. The molecule has 0 unspecified atom stereocenters. The van der Waals surface area contributed by atoms with Crippen LogP contribution in [0.5, 0.6) is 0 Å². The second kappa shape index (κ2) is 19.6. The van der Waals surface area contributed by atoms with Crippen molar-refractivity contribution in [3.05, 3.63) is 48.0 Å². The summed E-state index contributed by atoms with van der Waals surface area (Å²) in [6.45, 7) is 19.1. The fraction of sp³-hybridized carbons (Fsp3) is 0.550. The van der Waals surface area contributed by atoms with Gasteiger partial charge in [0.2, 0.25) is 0 Å². The number of carbonyl (C=O) groups excluding carboxylic acids is 1. The lowest BCUT2D eigenvalue weighted by molar-refractivity contribution is 0.103. The van der Waals surface area contributed by atoms with E-state index in [-0.39, 0.29) is 5.78 Å². The first-order chi connectivity index (χ1) is 10.4. The largest absolute Gasteiger partial charge is 0.320 e. The molecule has 128 valence electrons. The maximum atomic E-state index is 11.2. The molecule has 0 bridgehead atoms. The van der Waals surface area contributed by atoms with Crippen molar-refractivity contribution in [2.24, 2.45) is 5.92 Å². The number of benzene rings is 1. The Morgan fingerprint density at radius 2 is 1.50 bits per heavy atom. The fourth-order valence-electron chi connectivity index (χ4n) is 0.836. The van der Waals surface area contributed by atoms with Crippen molar-refractivity contribution >= 4 is 5.78 Å². The van der Waals surface area contributed by atoms with Gasteiger partial charge in [0.05, 0.1) is 0 Å². The number of Topliss-reactive ketones (excluding diaryl/α,β-unsaturated/α-hetero) is 1. The molecule has 2 nitrogen and oxygen atoms in total. The van der Waals surface area contributed by atoms with Gasteiger partial charge < -0.3 is 5.32 Å². The molecule has 1 aromatic rings. The maximum absolute atomic E-state index is 11.2. The highest BCUT2D eigenvalue weighted by Crippen LogP contribution is 2.04. The zero-order valence-electron chi connectivity index (χ0n) is 16.0. The van der Waals surface area contributed by atoms with E-state index >= 15 is 0 Å². The highest BCUT2D eigenvalue weighted by Gasteiger charge is 2.03. The molecule has 1 rings (SSSR count). The monoisotopic (exact) mass is 307 g/mol. The minimum absolute atomic E-state index is 0.0191. The molecule has 22 heavy (non-hydrogen) atoms. The maximum Gasteiger partial charge on any atom is 0.188 e. The highest BCUT2D eigenvalue weighted by molar-refractivity contribution is 6.07. The van der Waals surface area contributed by atoms with Gasteiger partial charge in [-0.15, -0.1) is 0 Å². The molecular weight excluding hydrogens is 270 g/mol. The van der Waals surface area contributed by atoms with E-state index in [0.717, 1.165) is 12.5 Å². The van der Waals surface area contributed by atoms with E-state index < -0.39 is 0 Å². The van der Waals surface area contributed by atoms with E-state index in [1.54, 1.807) is 19.1 Å². The molecule has 0 spiro atoms. The van der Waals surface area contributed by atoms with Crippen LogP contribution in [0.3, 0.4) is 0 Å². The van der Waals surface area contributed by atoms with Gasteiger partial charge >= 0.3 is 0 Å². The first kappa shape index (κ1) is 25.5. The summed E-state index contributed by atoms with van der Waals surface area (Å²) in [6.07, 6.45) is 1.31. The lowest BCUT2D eigenvalue weighted by Crippen LogP contribution is -2.01. The Bertz CT molecular complexity index is 353. The van der Waals surface area contributed by atoms with Crippen LogP contribution in [0.25, 0.3) is 0 Å². The molecule has 0 atom stereocenters. The Morgan fingerprint density at radius 3 is 1.73 bits per heavy atom. The van der Waals surface area contributed by atoms with Crippen LogP contribution in [0, 0.1) is 5.92 Å². The molecule has 0 saturated heterocycles. The van der Waals surface area contributed by atoms with E-state index in [0.29, 0.717) is 11.1 Å². The molecule has 0 heterocycles. The zero-order chi connectivity index (χ0) is 18.0. The van der Waals surface area contributed by atoms with Gasteiger partial charge in [-0.1, -0.05) is 84.9 Å². The van der Waals surface area contributed by atoms with E-state index in [1.807, 2.05) is 39.1 Å². The third-order valence-electron chi connectivity index (χ3n) is 2.59. The average molecular weight is 308 g/mol. The van der Waals surface area contributed by atoms with E-state index in [1.165, 1.54) is 6.42 Å². The summed E-state index contributed by atoms with van der Waals surface area (Å²) in [4.78, 5) is 11.2. The van der Waals surface area contributed by atoms with Crippen LogP contribution in [0.1, 0.15) is 65.2 Å². The molecule has 0 fully saturated rings. The predicted molar refractivity (Wildman–Crippen MR) is 102 cm³/mol. The van der Waals surface area contributed by atoms with Gasteiger partial charge in [0.25, 0.3) is 0 Å². The minimum Gasteiger partial charge on any atom is -0.320 e. The Labute approximate surface area is 139 Å². The third-order valence-corrected chi connectivity index (χ3v) is 2.59. The summed E-state index contributed by atoms with van der Waals surface area (Å²) in [5.74, 6) is 0.903. The Hall–Kier alpha value is -1.41. The summed E-state index contributed by atoms with van der Waals surface area (Å²) in [6, 6.07) is 9.15. The standard InChI is InChI=1S/C10H10O.C5H12.C3H9N.C2H6/c1-8(2)10(11)9-6-4-3-5-7-9;1-4-5(2)3;1-3-4-2;1-2/h3-7H,1H2,2H3;5H,4H2,1-3H3;4H,3H2,1-2H3;1-2H3. The number of carbonyl (C=O) groups is 1. The Morgan fingerprint density at radius 1 is 1.14 bits per heavy atom. The molecule has 0 radical (unpaired) electrons. The van der Waals surface area contributed by atoms with E-state index in [9.17, 15) is 4.79 Å². The molecule has 0 amide bonds. The van der Waals surface area contributed by atoms with Crippen LogP contribution in [0.2, 0.25) is 0 Å². The molecule has 1 aromatic carbocycles. The summed E-state index contributed by atoms with van der Waals surface area (Å²) in [5, 5.41) is 2.93. The van der Waals surface area contributed by atoms with Crippen molar-refractivity contribution in [1.82, 2.24) is 5.32 Å². The van der Waals surface area contributed by atoms with E-state index in [2.05, 4.69) is 39.6 Å². The molecular formula is C20H37NO. The number of nitrogens with one attached hydrogen (secondary N) is 1. The van der Waals surface area contributed by atoms with Crippen LogP contribution in [0.4, 0.5) is 0 Å². The Balaban J connectivity index is -0.000000276. The van der Waals surface area contributed by atoms with Crippen LogP contribution in [-0.4, -0.2) is 19.4 Å². The molecule has 0 aliphatic carbocycles. The third kappa shape index (κ3) is 18.6. The predicted octanol–water partition coefficient (Wildman–Crippen LogP) is 5.75. The summed E-state index contributed by atoms with van der Waals surface area (Å²) < 4.78 is 0. The van der Waals surface area contributed by atoms with Gasteiger partial charge in [-0.25, -0.2) is 0 Å². The van der Waals surface area contributed by atoms with Crippen molar-refractivity contribution < 1.29 is 4.79 Å². The summed E-state index contributed by atoms with van der Waals surface area (Å²) in [7, 11) is 1.93. The summed E-state index contributed by atoms with van der Waals surface area (Å²) >= 11 is 0. The lowest BCUT2D eigenvalue weighted by atomic mass is 10.1. The van der Waals surface area contributed by atoms with Gasteiger partial charge in [0.1, 0.15) is 0 Å². The van der Waals surface area contributed by atoms with Crippen molar-refractivity contribution in [3.8, 4) is 0 Å². The van der Waals surface area contributed by atoms with E-state index in [4.69, 9.17) is 0 Å². The molecule has 1 N–H and O–H groups in total. The highest BCUT2D eigenvalue weighted by atomic mass is 16.1. The second-order valence-corrected chi connectivity index (χ2v) is 4.98. The quantitative estimate of drug-likeness (QED) is 0.567. The SMILES string of the molecule is C=C(C)C(=O)c1ccccc1.CC.CCC(C)C.CCNC. The number of hydrogen-bond donors (Lipinski definition) is 1. The minimum atomic E-state index is 0.0191. The zero-order valence-corrected chi connectivity index (χ0v) is 16.0. The molecule has 0 saturated carbocycles. The number of ketones is 1.